The predicted octanol–water partition coefficient (Wildman–Crippen LogP) is 0.693. The van der Waals surface area contributed by atoms with Gasteiger partial charge in [0.1, 0.15) is 0 Å². The highest BCUT2D eigenvalue weighted by Gasteiger charge is 2.38. The summed E-state index contributed by atoms with van der Waals surface area (Å²) in [5.74, 6) is 0.272. The van der Waals surface area contributed by atoms with Gasteiger partial charge in [-0.2, -0.15) is 12.7 Å². The van der Waals surface area contributed by atoms with Crippen LogP contribution < -0.4 is 4.72 Å². The van der Waals surface area contributed by atoms with Gasteiger partial charge in [-0.25, -0.2) is 9.52 Å². The van der Waals surface area contributed by atoms with Gasteiger partial charge in [-0.15, -0.1) is 0 Å². The van der Waals surface area contributed by atoms with E-state index < -0.39 is 16.3 Å². The fraction of sp³-hybridized carbons (Fsp3) is 0.875. The summed E-state index contributed by atoms with van der Waals surface area (Å²) in [6.45, 7) is 2.41. The summed E-state index contributed by atoms with van der Waals surface area (Å²) in [6.07, 6.45) is -0.175. The molecule has 1 amide bonds. The molecule has 0 aliphatic carbocycles. The molecule has 1 fully saturated rings. The van der Waals surface area contributed by atoms with E-state index in [4.69, 9.17) is 0 Å². The van der Waals surface area contributed by atoms with Crippen LogP contribution in [0.4, 0.5) is 4.79 Å². The Morgan fingerprint density at radius 3 is 2.75 bits per heavy atom. The van der Waals surface area contributed by atoms with Crippen LogP contribution >= 0.6 is 15.9 Å². The van der Waals surface area contributed by atoms with E-state index in [1.54, 1.807) is 0 Å². The molecule has 0 saturated carbocycles. The molecular formula is C8H15BrN2O4S. The van der Waals surface area contributed by atoms with Crippen LogP contribution in [0.5, 0.6) is 0 Å². The molecule has 0 spiro atoms. The zero-order chi connectivity index (χ0) is 12.3. The first-order chi connectivity index (χ1) is 7.42. The van der Waals surface area contributed by atoms with Gasteiger partial charge in [0, 0.05) is 17.9 Å². The molecule has 1 heterocycles. The van der Waals surface area contributed by atoms with Crippen LogP contribution in [0.1, 0.15) is 13.3 Å². The minimum absolute atomic E-state index is 0.123. The number of nitrogens with zero attached hydrogens (tertiary/aromatic N) is 1. The van der Waals surface area contributed by atoms with Crippen LogP contribution in [0.25, 0.3) is 0 Å². The standard InChI is InChI=1S/C8H15BrN2O4S/c1-6-3-4-11(7(6)5-9)16(13,14)10-8(12)15-2/h6-7H,3-5H2,1-2H3,(H,10,12). The zero-order valence-electron chi connectivity index (χ0n) is 9.14. The SMILES string of the molecule is COC(=O)NS(=O)(=O)N1CCC(C)C1CBr. The molecule has 94 valence electrons. The number of ether oxygens (including phenoxy) is 1. The van der Waals surface area contributed by atoms with Crippen LogP contribution in [0.2, 0.25) is 0 Å². The highest BCUT2D eigenvalue weighted by molar-refractivity contribution is 9.09. The van der Waals surface area contributed by atoms with Gasteiger partial charge in [-0.3, -0.25) is 0 Å². The van der Waals surface area contributed by atoms with Crippen LogP contribution in [0.15, 0.2) is 0 Å². The summed E-state index contributed by atoms with van der Waals surface area (Å²) in [5, 5.41) is 0.552. The van der Waals surface area contributed by atoms with Crippen LogP contribution in [-0.4, -0.2) is 43.8 Å². The van der Waals surface area contributed by atoms with Crippen LogP contribution in [0.3, 0.4) is 0 Å². The topological polar surface area (TPSA) is 75.7 Å². The number of hydrogen-bond acceptors (Lipinski definition) is 4. The van der Waals surface area contributed by atoms with Crippen molar-refractivity contribution < 1.29 is 17.9 Å². The number of amides is 1. The van der Waals surface area contributed by atoms with Gasteiger partial charge >= 0.3 is 16.3 Å². The van der Waals surface area contributed by atoms with Crippen molar-refractivity contribution in [3.05, 3.63) is 0 Å². The highest BCUT2D eigenvalue weighted by atomic mass is 79.9. The summed E-state index contributed by atoms with van der Waals surface area (Å²) in [6, 6.07) is -0.123. The van der Waals surface area contributed by atoms with Gasteiger partial charge in [0.05, 0.1) is 7.11 Å². The van der Waals surface area contributed by atoms with Crippen molar-refractivity contribution >= 4 is 32.2 Å². The molecule has 6 nitrogen and oxygen atoms in total. The maximum atomic E-state index is 11.8. The number of carbonyl (C=O) groups excluding carboxylic acids is 1. The summed E-state index contributed by atoms with van der Waals surface area (Å²) >= 11 is 3.28. The Morgan fingerprint density at radius 2 is 2.25 bits per heavy atom. The number of rotatable bonds is 3. The van der Waals surface area contributed by atoms with Crippen molar-refractivity contribution in [2.24, 2.45) is 5.92 Å². The lowest BCUT2D eigenvalue weighted by atomic mass is 10.1. The molecule has 0 aromatic rings. The quantitative estimate of drug-likeness (QED) is 0.778. The predicted molar refractivity (Wildman–Crippen MR) is 62.5 cm³/mol. The Bertz CT molecular complexity index is 359. The van der Waals surface area contributed by atoms with Gasteiger partial charge in [-0.1, -0.05) is 22.9 Å². The van der Waals surface area contributed by atoms with Crippen molar-refractivity contribution in [1.82, 2.24) is 9.03 Å². The third kappa shape index (κ3) is 2.86. The first-order valence-electron chi connectivity index (χ1n) is 4.86. The highest BCUT2D eigenvalue weighted by Crippen LogP contribution is 2.27. The van der Waals surface area contributed by atoms with Crippen molar-refractivity contribution in [2.75, 3.05) is 19.0 Å². The lowest BCUT2D eigenvalue weighted by Gasteiger charge is -2.24. The first-order valence-corrected chi connectivity index (χ1v) is 7.42. The zero-order valence-corrected chi connectivity index (χ0v) is 11.5. The van der Waals surface area contributed by atoms with E-state index in [0.717, 1.165) is 13.5 Å². The van der Waals surface area contributed by atoms with Crippen molar-refractivity contribution in [3.63, 3.8) is 0 Å². The fourth-order valence-electron chi connectivity index (χ4n) is 1.71. The number of carbonyl (C=O) groups is 1. The molecular weight excluding hydrogens is 300 g/mol. The van der Waals surface area contributed by atoms with Crippen molar-refractivity contribution in [2.45, 2.75) is 19.4 Å². The largest absolute Gasteiger partial charge is 0.452 e. The molecule has 8 heteroatoms. The molecule has 16 heavy (non-hydrogen) atoms. The van der Waals surface area contributed by atoms with Gasteiger partial charge in [0.15, 0.2) is 0 Å². The van der Waals surface area contributed by atoms with Gasteiger partial charge in [0.2, 0.25) is 0 Å². The van der Waals surface area contributed by atoms with Gasteiger partial charge in [0.25, 0.3) is 0 Å². The first kappa shape index (κ1) is 13.7. The maximum absolute atomic E-state index is 11.8. The van der Waals surface area contributed by atoms with Crippen molar-refractivity contribution in [1.29, 1.82) is 0 Å². The minimum atomic E-state index is -3.79. The third-order valence-corrected chi connectivity index (χ3v) is 4.85. The fourth-order valence-corrected chi connectivity index (χ4v) is 4.28. The second-order valence-corrected chi connectivity index (χ2v) is 5.97. The second kappa shape index (κ2) is 5.33. The normalized spacial score (nSPS) is 26.7. The summed E-state index contributed by atoms with van der Waals surface area (Å²) in [4.78, 5) is 10.9. The van der Waals surface area contributed by atoms with Gasteiger partial charge < -0.3 is 4.74 Å². The average Bonchev–Trinajstić information content (AvgIpc) is 2.59. The Hall–Kier alpha value is -0.340. The molecule has 0 bridgehead atoms. The number of methoxy groups -OCH3 is 1. The van der Waals surface area contributed by atoms with E-state index in [1.807, 2.05) is 11.6 Å². The number of halogens is 1. The van der Waals surface area contributed by atoms with E-state index >= 15 is 0 Å². The summed E-state index contributed by atoms with van der Waals surface area (Å²) in [5.41, 5.74) is 0. The molecule has 1 aliphatic heterocycles. The van der Waals surface area contributed by atoms with E-state index in [9.17, 15) is 13.2 Å². The van der Waals surface area contributed by atoms with Crippen LogP contribution in [0, 0.1) is 5.92 Å². The summed E-state index contributed by atoms with van der Waals surface area (Å²) < 4.78 is 31.0. The van der Waals surface area contributed by atoms with Crippen LogP contribution in [-0.2, 0) is 14.9 Å². The third-order valence-electron chi connectivity index (χ3n) is 2.70. The van der Waals surface area contributed by atoms with Gasteiger partial charge in [-0.05, 0) is 12.3 Å². The molecule has 2 atom stereocenters. The number of hydrogen-bond donors (Lipinski definition) is 1. The Balaban J connectivity index is 2.80. The molecule has 1 saturated heterocycles. The Labute approximate surface area is 104 Å². The Morgan fingerprint density at radius 1 is 1.62 bits per heavy atom. The maximum Gasteiger partial charge on any atom is 0.421 e. The van der Waals surface area contributed by atoms with E-state index in [0.29, 0.717) is 11.9 Å². The molecule has 1 aliphatic rings. The van der Waals surface area contributed by atoms with E-state index in [1.165, 1.54) is 4.31 Å². The molecule has 0 radical (unpaired) electrons. The molecule has 0 aromatic carbocycles. The minimum Gasteiger partial charge on any atom is -0.452 e. The molecule has 2 unspecified atom stereocenters. The van der Waals surface area contributed by atoms with Crippen molar-refractivity contribution in [3.8, 4) is 0 Å². The second-order valence-electron chi connectivity index (χ2n) is 3.70. The summed E-state index contributed by atoms with van der Waals surface area (Å²) in [7, 11) is -2.66. The molecule has 0 aromatic heterocycles. The smallest absolute Gasteiger partial charge is 0.421 e. The monoisotopic (exact) mass is 314 g/mol. The molecule has 1 N–H and O–H groups in total. The Kier molecular flexibility index (Phi) is 4.57. The lowest BCUT2D eigenvalue weighted by molar-refractivity contribution is 0.176. The van der Waals surface area contributed by atoms with E-state index in [-0.39, 0.29) is 12.0 Å². The average molecular weight is 315 g/mol. The lowest BCUT2D eigenvalue weighted by Crippen LogP contribution is -2.47. The number of alkyl halides is 1. The molecule has 1 rings (SSSR count). The van der Waals surface area contributed by atoms with E-state index in [2.05, 4.69) is 20.7 Å². The number of nitrogens with one attached hydrogen (secondary N) is 1.